The third-order valence-corrected chi connectivity index (χ3v) is 3.58. The highest BCUT2D eigenvalue weighted by molar-refractivity contribution is 7.10. The number of nitrogens with two attached hydrogens (primary N) is 1. The molecule has 0 atom stereocenters. The van der Waals surface area contributed by atoms with E-state index in [0.717, 1.165) is 16.3 Å². The maximum atomic E-state index is 11.1. The molecule has 0 aliphatic rings. The van der Waals surface area contributed by atoms with Gasteiger partial charge >= 0.3 is 0 Å². The number of hydrogen-bond acceptors (Lipinski definition) is 4. The van der Waals surface area contributed by atoms with Crippen molar-refractivity contribution in [2.75, 3.05) is 10.6 Å². The van der Waals surface area contributed by atoms with Gasteiger partial charge in [-0.05, 0) is 29.6 Å². The number of anilines is 2. The zero-order chi connectivity index (χ0) is 14.5. The fraction of sp³-hybridized carbons (Fsp3) is 0.143. The highest BCUT2D eigenvalue weighted by atomic mass is 32.1. The van der Waals surface area contributed by atoms with Crippen LogP contribution in [0.25, 0.3) is 0 Å². The molecule has 0 saturated carbocycles. The number of primary amides is 1. The van der Waals surface area contributed by atoms with Gasteiger partial charge in [0.2, 0.25) is 11.8 Å². The van der Waals surface area contributed by atoms with E-state index in [1.807, 2.05) is 17.5 Å². The number of carbonyl (C=O) groups excluding carboxylic acids is 2. The first-order valence-electron chi connectivity index (χ1n) is 6.04. The van der Waals surface area contributed by atoms with Gasteiger partial charge in [-0.1, -0.05) is 6.07 Å². The zero-order valence-electron chi connectivity index (χ0n) is 11.0. The molecule has 0 aliphatic carbocycles. The van der Waals surface area contributed by atoms with Crippen molar-refractivity contribution in [3.63, 3.8) is 0 Å². The van der Waals surface area contributed by atoms with E-state index in [9.17, 15) is 9.59 Å². The SMILES string of the molecule is CC(=O)Nc1ccsc1CNc1cccc(C(N)=O)c1. The van der Waals surface area contributed by atoms with Crippen molar-refractivity contribution >= 4 is 34.5 Å². The fourth-order valence-electron chi connectivity index (χ4n) is 1.74. The molecule has 1 aromatic heterocycles. The van der Waals surface area contributed by atoms with Crippen LogP contribution in [0.3, 0.4) is 0 Å². The topological polar surface area (TPSA) is 84.2 Å². The van der Waals surface area contributed by atoms with Gasteiger partial charge in [-0.15, -0.1) is 11.3 Å². The Kier molecular flexibility index (Phi) is 4.37. The molecule has 2 aromatic rings. The normalized spacial score (nSPS) is 10.1. The van der Waals surface area contributed by atoms with Crippen LogP contribution in [0, 0.1) is 0 Å². The quantitative estimate of drug-likeness (QED) is 0.790. The van der Waals surface area contributed by atoms with E-state index in [2.05, 4.69) is 10.6 Å². The molecule has 4 N–H and O–H groups in total. The molecule has 0 unspecified atom stereocenters. The molecule has 5 nitrogen and oxygen atoms in total. The van der Waals surface area contributed by atoms with E-state index in [4.69, 9.17) is 5.73 Å². The van der Waals surface area contributed by atoms with E-state index in [1.165, 1.54) is 6.92 Å². The van der Waals surface area contributed by atoms with Crippen LogP contribution in [0.2, 0.25) is 0 Å². The predicted octanol–water partition coefficient (Wildman–Crippen LogP) is 2.42. The molecule has 0 saturated heterocycles. The minimum Gasteiger partial charge on any atom is -0.380 e. The summed E-state index contributed by atoms with van der Waals surface area (Å²) in [5, 5.41) is 7.90. The van der Waals surface area contributed by atoms with Crippen LogP contribution in [0.15, 0.2) is 35.7 Å². The van der Waals surface area contributed by atoms with Gasteiger partial charge in [-0.25, -0.2) is 0 Å². The van der Waals surface area contributed by atoms with Crippen LogP contribution < -0.4 is 16.4 Å². The number of nitrogens with one attached hydrogen (secondary N) is 2. The minimum atomic E-state index is -0.455. The number of benzene rings is 1. The summed E-state index contributed by atoms with van der Waals surface area (Å²) < 4.78 is 0. The largest absolute Gasteiger partial charge is 0.380 e. The van der Waals surface area contributed by atoms with E-state index in [0.29, 0.717) is 12.1 Å². The van der Waals surface area contributed by atoms with Gasteiger partial charge in [0, 0.05) is 23.1 Å². The van der Waals surface area contributed by atoms with Crippen molar-refractivity contribution in [1.29, 1.82) is 0 Å². The first-order valence-corrected chi connectivity index (χ1v) is 6.92. The van der Waals surface area contributed by atoms with Crippen molar-refractivity contribution in [3.05, 3.63) is 46.2 Å². The molecule has 6 heteroatoms. The van der Waals surface area contributed by atoms with Gasteiger partial charge in [-0.3, -0.25) is 9.59 Å². The van der Waals surface area contributed by atoms with E-state index in [1.54, 1.807) is 29.5 Å². The molecule has 1 heterocycles. The average Bonchev–Trinajstić information content (AvgIpc) is 2.83. The van der Waals surface area contributed by atoms with Crippen molar-refractivity contribution in [2.45, 2.75) is 13.5 Å². The highest BCUT2D eigenvalue weighted by Crippen LogP contribution is 2.23. The first kappa shape index (κ1) is 14.1. The van der Waals surface area contributed by atoms with Crippen LogP contribution in [-0.4, -0.2) is 11.8 Å². The van der Waals surface area contributed by atoms with Crippen LogP contribution in [-0.2, 0) is 11.3 Å². The van der Waals surface area contributed by atoms with Gasteiger partial charge in [0.25, 0.3) is 0 Å². The first-order chi connectivity index (χ1) is 9.56. The van der Waals surface area contributed by atoms with Gasteiger partial charge in [0.05, 0.1) is 12.2 Å². The lowest BCUT2D eigenvalue weighted by Gasteiger charge is -2.08. The molecule has 0 spiro atoms. The lowest BCUT2D eigenvalue weighted by atomic mass is 10.2. The molecular formula is C14H15N3O2S. The summed E-state index contributed by atoms with van der Waals surface area (Å²) in [5.41, 5.74) is 7.32. The lowest BCUT2D eigenvalue weighted by molar-refractivity contribution is -0.114. The molecule has 2 amide bonds. The second-order valence-electron chi connectivity index (χ2n) is 4.24. The van der Waals surface area contributed by atoms with Gasteiger partial charge in [0.15, 0.2) is 0 Å². The summed E-state index contributed by atoms with van der Waals surface area (Å²) in [6.45, 7) is 2.04. The molecule has 104 valence electrons. The monoisotopic (exact) mass is 289 g/mol. The lowest BCUT2D eigenvalue weighted by Crippen LogP contribution is -2.11. The molecule has 0 radical (unpaired) electrons. The summed E-state index contributed by atoms with van der Waals surface area (Å²) in [7, 11) is 0. The Labute approximate surface area is 120 Å². The Bertz CT molecular complexity index is 637. The van der Waals surface area contributed by atoms with Gasteiger partial charge < -0.3 is 16.4 Å². The Morgan fingerprint density at radius 1 is 1.30 bits per heavy atom. The Morgan fingerprint density at radius 3 is 2.80 bits per heavy atom. The second kappa shape index (κ2) is 6.21. The summed E-state index contributed by atoms with van der Waals surface area (Å²) in [6.07, 6.45) is 0. The number of hydrogen-bond donors (Lipinski definition) is 3. The third-order valence-electron chi connectivity index (χ3n) is 2.66. The maximum absolute atomic E-state index is 11.1. The van der Waals surface area contributed by atoms with Crippen LogP contribution >= 0.6 is 11.3 Å². The molecule has 20 heavy (non-hydrogen) atoms. The Balaban J connectivity index is 2.05. The fourth-order valence-corrected chi connectivity index (χ4v) is 2.51. The van der Waals surface area contributed by atoms with E-state index < -0.39 is 5.91 Å². The van der Waals surface area contributed by atoms with Gasteiger partial charge in [-0.2, -0.15) is 0 Å². The summed E-state index contributed by atoms with van der Waals surface area (Å²) in [4.78, 5) is 23.2. The van der Waals surface area contributed by atoms with Crippen LogP contribution in [0.4, 0.5) is 11.4 Å². The predicted molar refractivity (Wildman–Crippen MR) is 80.9 cm³/mol. The molecule has 2 rings (SSSR count). The van der Waals surface area contributed by atoms with E-state index >= 15 is 0 Å². The summed E-state index contributed by atoms with van der Waals surface area (Å²) >= 11 is 1.55. The van der Waals surface area contributed by atoms with Crippen molar-refractivity contribution in [1.82, 2.24) is 0 Å². The van der Waals surface area contributed by atoms with Crippen LogP contribution in [0.1, 0.15) is 22.2 Å². The van der Waals surface area contributed by atoms with E-state index in [-0.39, 0.29) is 5.91 Å². The molecule has 1 aromatic carbocycles. The third kappa shape index (κ3) is 3.58. The molecule has 0 bridgehead atoms. The zero-order valence-corrected chi connectivity index (χ0v) is 11.8. The Hall–Kier alpha value is -2.34. The number of rotatable bonds is 5. The van der Waals surface area contributed by atoms with Crippen molar-refractivity contribution in [3.8, 4) is 0 Å². The highest BCUT2D eigenvalue weighted by Gasteiger charge is 2.06. The molecular weight excluding hydrogens is 274 g/mol. The van der Waals surface area contributed by atoms with Crippen molar-refractivity contribution in [2.24, 2.45) is 5.73 Å². The molecule has 0 fully saturated rings. The van der Waals surface area contributed by atoms with Crippen molar-refractivity contribution < 1.29 is 9.59 Å². The smallest absolute Gasteiger partial charge is 0.248 e. The number of amides is 2. The average molecular weight is 289 g/mol. The summed E-state index contributed by atoms with van der Waals surface area (Å²) in [5.74, 6) is -0.552. The second-order valence-corrected chi connectivity index (χ2v) is 5.24. The van der Waals surface area contributed by atoms with Gasteiger partial charge in [0.1, 0.15) is 0 Å². The summed E-state index contributed by atoms with van der Waals surface area (Å²) in [6, 6.07) is 8.86. The number of carbonyl (C=O) groups is 2. The Morgan fingerprint density at radius 2 is 2.10 bits per heavy atom. The van der Waals surface area contributed by atoms with Crippen LogP contribution in [0.5, 0.6) is 0 Å². The number of thiophene rings is 1. The molecule has 0 aliphatic heterocycles. The maximum Gasteiger partial charge on any atom is 0.248 e. The standard InChI is InChI=1S/C14H15N3O2S/c1-9(18)17-12-5-6-20-13(12)8-16-11-4-2-3-10(7-11)14(15)19/h2-7,16H,8H2,1H3,(H2,15,19)(H,17,18). The minimum absolute atomic E-state index is 0.0969.